The fourth-order valence-electron chi connectivity index (χ4n) is 5.27. The average Bonchev–Trinajstić information content (AvgIpc) is 2.81. The van der Waals surface area contributed by atoms with Gasteiger partial charge in [-0.25, -0.2) is 4.39 Å². The molecule has 3 aromatic rings. The second kappa shape index (κ2) is 8.64. The predicted molar refractivity (Wildman–Crippen MR) is 141 cm³/mol. The largest absolute Gasteiger partial charge is 0.483 e. The molecular formula is C32H35FO2. The molecule has 0 saturated heterocycles. The highest BCUT2D eigenvalue weighted by molar-refractivity contribution is 5.84. The molecule has 1 atom stereocenters. The lowest BCUT2D eigenvalue weighted by atomic mass is 9.76. The Kier molecular flexibility index (Phi) is 5.88. The van der Waals surface area contributed by atoms with Crippen LogP contribution < -0.4 is 4.74 Å². The standard InChI is InChI=1S/C32H35FO2/c1-20(2)26-19-27-25(15-18-32(35-27)16-6-17-32)28(21-9-13-24(33)14-10-21)29(26)30(34)22-7-11-23(12-8-22)31(3,4)5/h7-15,18-20,30,34H,6,16-17H2,1-5H3. The maximum Gasteiger partial charge on any atom is 0.128 e. The van der Waals surface area contributed by atoms with E-state index in [4.69, 9.17) is 4.74 Å². The number of benzene rings is 3. The minimum Gasteiger partial charge on any atom is -0.483 e. The van der Waals surface area contributed by atoms with Gasteiger partial charge < -0.3 is 9.84 Å². The second-order valence-corrected chi connectivity index (χ2v) is 11.5. The third-order valence-electron chi connectivity index (χ3n) is 7.59. The van der Waals surface area contributed by atoms with Crippen LogP contribution in [0.3, 0.4) is 0 Å². The summed E-state index contributed by atoms with van der Waals surface area (Å²) >= 11 is 0. The summed E-state index contributed by atoms with van der Waals surface area (Å²) in [6.45, 7) is 10.9. The topological polar surface area (TPSA) is 29.5 Å². The Morgan fingerprint density at radius 1 is 0.971 bits per heavy atom. The van der Waals surface area contributed by atoms with E-state index in [1.54, 1.807) is 12.1 Å². The van der Waals surface area contributed by atoms with Crippen molar-refractivity contribution in [1.82, 2.24) is 0 Å². The quantitative estimate of drug-likeness (QED) is 0.415. The molecule has 3 aromatic carbocycles. The van der Waals surface area contributed by atoms with Gasteiger partial charge in [-0.2, -0.15) is 0 Å². The van der Waals surface area contributed by atoms with E-state index >= 15 is 0 Å². The Hall–Kier alpha value is -2.91. The first-order chi connectivity index (χ1) is 16.6. The number of halogens is 1. The van der Waals surface area contributed by atoms with Gasteiger partial charge in [0.1, 0.15) is 23.3 Å². The molecule has 1 unspecified atom stereocenters. The van der Waals surface area contributed by atoms with Crippen LogP contribution >= 0.6 is 0 Å². The van der Waals surface area contributed by atoms with Crippen LogP contribution in [0, 0.1) is 5.82 Å². The number of ether oxygens (including phenoxy) is 1. The molecule has 35 heavy (non-hydrogen) atoms. The molecule has 2 aliphatic rings. The van der Waals surface area contributed by atoms with Crippen molar-refractivity contribution in [2.75, 3.05) is 0 Å². The van der Waals surface area contributed by atoms with Crippen LogP contribution in [0.2, 0.25) is 0 Å². The Labute approximate surface area is 208 Å². The molecule has 3 heteroatoms. The molecular weight excluding hydrogens is 435 g/mol. The average molecular weight is 471 g/mol. The summed E-state index contributed by atoms with van der Waals surface area (Å²) in [5.41, 5.74) is 6.59. The summed E-state index contributed by atoms with van der Waals surface area (Å²) in [5, 5.41) is 11.8. The number of fused-ring (bicyclic) bond motifs is 1. The highest BCUT2D eigenvalue weighted by Crippen LogP contribution is 2.50. The van der Waals surface area contributed by atoms with E-state index in [2.05, 4.69) is 65.0 Å². The van der Waals surface area contributed by atoms with E-state index in [0.29, 0.717) is 0 Å². The lowest BCUT2D eigenvalue weighted by molar-refractivity contribution is 0.0381. The van der Waals surface area contributed by atoms with Crippen molar-refractivity contribution >= 4 is 6.08 Å². The number of aliphatic hydroxyl groups is 1. The first kappa shape index (κ1) is 23.8. The maximum atomic E-state index is 13.9. The van der Waals surface area contributed by atoms with Gasteiger partial charge >= 0.3 is 0 Å². The highest BCUT2D eigenvalue weighted by atomic mass is 19.1. The molecule has 1 spiro atoms. The SMILES string of the molecule is CC(C)c1cc2c(c(-c3ccc(F)cc3)c1C(O)c1ccc(C(C)(C)C)cc1)C=CC1(CCC1)O2. The zero-order valence-electron chi connectivity index (χ0n) is 21.4. The minimum absolute atomic E-state index is 0.0390. The Morgan fingerprint density at radius 3 is 2.17 bits per heavy atom. The van der Waals surface area contributed by atoms with Crippen LogP contribution in [0.1, 0.15) is 93.7 Å². The van der Waals surface area contributed by atoms with Crippen LogP contribution in [-0.4, -0.2) is 10.7 Å². The summed E-state index contributed by atoms with van der Waals surface area (Å²) in [5.74, 6) is 0.752. The molecule has 5 rings (SSSR count). The van der Waals surface area contributed by atoms with E-state index in [1.165, 1.54) is 24.1 Å². The molecule has 0 amide bonds. The molecule has 182 valence electrons. The molecule has 0 bridgehead atoms. The second-order valence-electron chi connectivity index (χ2n) is 11.5. The fourth-order valence-corrected chi connectivity index (χ4v) is 5.27. The molecule has 1 fully saturated rings. The van der Waals surface area contributed by atoms with Crippen LogP contribution in [0.15, 0.2) is 60.7 Å². The summed E-state index contributed by atoms with van der Waals surface area (Å²) in [7, 11) is 0. The van der Waals surface area contributed by atoms with Crippen LogP contribution in [0.25, 0.3) is 17.2 Å². The van der Waals surface area contributed by atoms with Gasteiger partial charge in [0, 0.05) is 5.56 Å². The predicted octanol–water partition coefficient (Wildman–Crippen LogP) is 8.32. The van der Waals surface area contributed by atoms with E-state index in [0.717, 1.165) is 52.0 Å². The van der Waals surface area contributed by atoms with Crippen molar-refractivity contribution < 1.29 is 14.2 Å². The van der Waals surface area contributed by atoms with Crippen LogP contribution in [0.4, 0.5) is 4.39 Å². The van der Waals surface area contributed by atoms with Gasteiger partial charge in [-0.1, -0.05) is 77.1 Å². The first-order valence-electron chi connectivity index (χ1n) is 12.7. The molecule has 0 aromatic heterocycles. The highest BCUT2D eigenvalue weighted by Gasteiger charge is 2.40. The monoisotopic (exact) mass is 470 g/mol. The van der Waals surface area contributed by atoms with Crippen molar-refractivity contribution in [2.45, 2.75) is 76.9 Å². The molecule has 0 radical (unpaired) electrons. The molecule has 2 nitrogen and oxygen atoms in total. The van der Waals surface area contributed by atoms with Crippen molar-refractivity contribution in [3.8, 4) is 16.9 Å². The minimum atomic E-state index is -0.820. The first-order valence-corrected chi connectivity index (χ1v) is 12.7. The third kappa shape index (κ3) is 4.31. The van der Waals surface area contributed by atoms with E-state index in [1.807, 2.05) is 12.1 Å². The van der Waals surface area contributed by atoms with Gasteiger partial charge in [0.05, 0.1) is 0 Å². The molecule has 1 aliphatic heterocycles. The Morgan fingerprint density at radius 2 is 1.63 bits per heavy atom. The lowest BCUT2D eigenvalue weighted by Crippen LogP contribution is -2.42. The number of aliphatic hydroxyl groups excluding tert-OH is 1. The van der Waals surface area contributed by atoms with Gasteiger partial charge in [-0.05, 0) is 88.3 Å². The smallest absolute Gasteiger partial charge is 0.128 e. The fraction of sp³-hybridized carbons (Fsp3) is 0.375. The summed E-state index contributed by atoms with van der Waals surface area (Å²) in [6, 6.07) is 17.0. The van der Waals surface area contributed by atoms with Gasteiger partial charge in [0.2, 0.25) is 0 Å². The molecule has 1 heterocycles. The normalized spacial score (nSPS) is 17.1. The lowest BCUT2D eigenvalue weighted by Gasteiger charge is -2.43. The third-order valence-corrected chi connectivity index (χ3v) is 7.59. The zero-order valence-corrected chi connectivity index (χ0v) is 21.4. The van der Waals surface area contributed by atoms with Crippen molar-refractivity contribution in [3.63, 3.8) is 0 Å². The van der Waals surface area contributed by atoms with Gasteiger partial charge in [-0.3, -0.25) is 0 Å². The molecule has 1 saturated carbocycles. The summed E-state index contributed by atoms with van der Waals surface area (Å²) < 4.78 is 20.5. The zero-order chi connectivity index (χ0) is 25.0. The van der Waals surface area contributed by atoms with Crippen molar-refractivity contribution in [2.24, 2.45) is 0 Å². The van der Waals surface area contributed by atoms with Gasteiger partial charge in [0.15, 0.2) is 0 Å². The molecule has 1 aliphatic carbocycles. The Balaban J connectivity index is 1.72. The van der Waals surface area contributed by atoms with E-state index in [9.17, 15) is 9.50 Å². The Bertz CT molecular complexity index is 1260. The maximum absolute atomic E-state index is 13.9. The van der Waals surface area contributed by atoms with Crippen molar-refractivity contribution in [1.29, 1.82) is 0 Å². The van der Waals surface area contributed by atoms with E-state index < -0.39 is 6.10 Å². The number of rotatable bonds is 4. The number of hydrogen-bond donors (Lipinski definition) is 1. The molecule has 1 N–H and O–H groups in total. The van der Waals surface area contributed by atoms with Gasteiger partial charge in [-0.15, -0.1) is 0 Å². The van der Waals surface area contributed by atoms with Crippen LogP contribution in [-0.2, 0) is 5.41 Å². The van der Waals surface area contributed by atoms with Crippen LogP contribution in [0.5, 0.6) is 5.75 Å². The van der Waals surface area contributed by atoms with Gasteiger partial charge in [0.25, 0.3) is 0 Å². The van der Waals surface area contributed by atoms with E-state index in [-0.39, 0.29) is 22.8 Å². The summed E-state index contributed by atoms with van der Waals surface area (Å²) in [4.78, 5) is 0. The number of hydrogen-bond acceptors (Lipinski definition) is 2. The van der Waals surface area contributed by atoms with Crippen molar-refractivity contribution in [3.05, 3.63) is 94.3 Å². The summed E-state index contributed by atoms with van der Waals surface area (Å²) in [6.07, 6.45) is 6.73.